The van der Waals surface area contributed by atoms with Crippen LogP contribution in [0, 0.1) is 10.1 Å². The number of anilines is 1. The molecule has 0 aliphatic heterocycles. The third kappa shape index (κ3) is 3.87. The molecule has 0 aliphatic carbocycles. The minimum Gasteiger partial charge on any atom is -0.502 e. The number of methoxy groups -OCH3 is 2. The van der Waals surface area contributed by atoms with E-state index in [0.717, 1.165) is 12.0 Å². The smallest absolute Gasteiger partial charge is 0.310 e. The predicted octanol–water partition coefficient (Wildman–Crippen LogP) is 3.00. The summed E-state index contributed by atoms with van der Waals surface area (Å²) < 4.78 is 10.5. The zero-order valence-electron chi connectivity index (χ0n) is 13.9. The van der Waals surface area contributed by atoms with Gasteiger partial charge < -0.3 is 19.5 Å². The summed E-state index contributed by atoms with van der Waals surface area (Å²) in [4.78, 5) is 12.0. The van der Waals surface area contributed by atoms with Gasteiger partial charge in [-0.2, -0.15) is 0 Å². The van der Waals surface area contributed by atoms with E-state index in [1.54, 1.807) is 20.3 Å². The predicted molar refractivity (Wildman–Crippen MR) is 91.3 cm³/mol. The van der Waals surface area contributed by atoms with E-state index in [9.17, 15) is 15.2 Å². The van der Waals surface area contributed by atoms with Crippen LogP contribution in [0.25, 0.3) is 0 Å². The van der Waals surface area contributed by atoms with Crippen molar-refractivity contribution in [1.82, 2.24) is 0 Å². The number of nitro groups is 1. The van der Waals surface area contributed by atoms with Crippen LogP contribution >= 0.6 is 0 Å². The van der Waals surface area contributed by atoms with E-state index in [4.69, 9.17) is 9.47 Å². The number of aromatic hydroxyl groups is 1. The van der Waals surface area contributed by atoms with Gasteiger partial charge in [-0.15, -0.1) is 0 Å². The molecule has 0 radical (unpaired) electrons. The van der Waals surface area contributed by atoms with E-state index < -0.39 is 4.92 Å². The summed E-state index contributed by atoms with van der Waals surface area (Å²) >= 11 is 0. The molecule has 0 atom stereocenters. The van der Waals surface area contributed by atoms with Crippen molar-refractivity contribution < 1.29 is 19.5 Å². The Morgan fingerprint density at radius 2 is 1.83 bits per heavy atom. The average Bonchev–Trinajstić information content (AvgIpc) is 2.58. The molecule has 0 saturated heterocycles. The number of rotatable bonds is 7. The summed E-state index contributed by atoms with van der Waals surface area (Å²) in [5.41, 5.74) is 1.48. The Bertz CT molecular complexity index is 733. The van der Waals surface area contributed by atoms with Gasteiger partial charge in [0.1, 0.15) is 0 Å². The van der Waals surface area contributed by atoms with Gasteiger partial charge in [0.2, 0.25) is 0 Å². The van der Waals surface area contributed by atoms with Crippen LogP contribution in [0.1, 0.15) is 5.56 Å². The molecule has 1 N–H and O–H groups in total. The standard InChI is InChI=1S/C17H20N2O5/c1-18(13-5-6-14(19(21)22)15(20)11-13)9-8-12-4-7-16(23-2)17(10-12)24-3/h4-7,10-11,20H,8-9H2,1-3H3. The van der Waals surface area contributed by atoms with E-state index in [-0.39, 0.29) is 11.4 Å². The Morgan fingerprint density at radius 1 is 1.12 bits per heavy atom. The van der Waals surface area contributed by atoms with E-state index in [1.807, 2.05) is 30.1 Å². The van der Waals surface area contributed by atoms with Crippen molar-refractivity contribution in [1.29, 1.82) is 0 Å². The van der Waals surface area contributed by atoms with Crippen LogP contribution in [0.15, 0.2) is 36.4 Å². The lowest BCUT2D eigenvalue weighted by molar-refractivity contribution is -0.385. The van der Waals surface area contributed by atoms with Crippen LogP contribution in [-0.2, 0) is 6.42 Å². The SMILES string of the molecule is COc1ccc(CCN(C)c2ccc([N+](=O)[O-])c(O)c2)cc1OC. The molecule has 0 saturated carbocycles. The van der Waals surface area contributed by atoms with E-state index >= 15 is 0 Å². The molecular formula is C17H20N2O5. The van der Waals surface area contributed by atoms with Gasteiger partial charge in [-0.3, -0.25) is 10.1 Å². The summed E-state index contributed by atoms with van der Waals surface area (Å²) in [6.07, 6.45) is 0.745. The molecular weight excluding hydrogens is 312 g/mol. The molecule has 0 unspecified atom stereocenters. The number of likely N-dealkylation sites (N-methyl/N-ethyl adjacent to an activating group) is 1. The number of phenols is 1. The summed E-state index contributed by atoms with van der Waals surface area (Å²) in [6.45, 7) is 0.673. The van der Waals surface area contributed by atoms with Crippen molar-refractivity contribution in [3.05, 3.63) is 52.1 Å². The molecule has 7 nitrogen and oxygen atoms in total. The molecule has 2 aromatic carbocycles. The maximum Gasteiger partial charge on any atom is 0.310 e. The number of nitro benzene ring substituents is 1. The van der Waals surface area contributed by atoms with Gasteiger partial charge in [0.05, 0.1) is 19.1 Å². The fraction of sp³-hybridized carbons (Fsp3) is 0.294. The lowest BCUT2D eigenvalue weighted by Crippen LogP contribution is -2.20. The topological polar surface area (TPSA) is 85.1 Å². The van der Waals surface area contributed by atoms with Gasteiger partial charge in [0.15, 0.2) is 17.2 Å². The molecule has 2 rings (SSSR count). The van der Waals surface area contributed by atoms with Crippen LogP contribution in [0.3, 0.4) is 0 Å². The second kappa shape index (κ2) is 7.54. The van der Waals surface area contributed by atoms with E-state index in [0.29, 0.717) is 23.7 Å². The van der Waals surface area contributed by atoms with E-state index in [2.05, 4.69) is 0 Å². The van der Waals surface area contributed by atoms with Crippen molar-refractivity contribution >= 4 is 11.4 Å². The first-order chi connectivity index (χ1) is 11.5. The first-order valence-corrected chi connectivity index (χ1v) is 7.35. The first kappa shape index (κ1) is 17.4. The Labute approximate surface area is 140 Å². The van der Waals surface area contributed by atoms with E-state index in [1.165, 1.54) is 12.1 Å². The highest BCUT2D eigenvalue weighted by Crippen LogP contribution is 2.30. The summed E-state index contributed by atoms with van der Waals surface area (Å²) in [6, 6.07) is 10.0. The van der Waals surface area contributed by atoms with Crippen LogP contribution in [0.5, 0.6) is 17.2 Å². The van der Waals surface area contributed by atoms with Crippen LogP contribution in [0.4, 0.5) is 11.4 Å². The fourth-order valence-electron chi connectivity index (χ4n) is 2.37. The highest BCUT2D eigenvalue weighted by atomic mass is 16.6. The number of ether oxygens (including phenoxy) is 2. The lowest BCUT2D eigenvalue weighted by Gasteiger charge is -2.19. The van der Waals surface area contributed by atoms with Gasteiger partial charge in [-0.1, -0.05) is 6.07 Å². The maximum absolute atomic E-state index is 10.7. The van der Waals surface area contributed by atoms with Gasteiger partial charge in [0, 0.05) is 31.4 Å². The normalized spacial score (nSPS) is 10.3. The van der Waals surface area contributed by atoms with Crippen LogP contribution in [-0.4, -0.2) is 37.8 Å². The number of nitrogens with zero attached hydrogens (tertiary/aromatic N) is 2. The number of hydrogen-bond acceptors (Lipinski definition) is 6. The van der Waals surface area contributed by atoms with Crippen molar-refractivity contribution in [2.75, 3.05) is 32.7 Å². The molecule has 0 aliphatic rings. The minimum absolute atomic E-state index is 0.299. The molecule has 0 fully saturated rings. The second-order valence-corrected chi connectivity index (χ2v) is 5.29. The van der Waals surface area contributed by atoms with Crippen molar-refractivity contribution in [2.45, 2.75) is 6.42 Å². The number of hydrogen-bond donors (Lipinski definition) is 1. The lowest BCUT2D eigenvalue weighted by atomic mass is 10.1. The zero-order valence-corrected chi connectivity index (χ0v) is 13.9. The van der Waals surface area contributed by atoms with Gasteiger partial charge in [0.25, 0.3) is 0 Å². The zero-order chi connectivity index (χ0) is 17.7. The number of phenolic OH excluding ortho intramolecular Hbond substituents is 1. The molecule has 0 heterocycles. The summed E-state index contributed by atoms with van der Waals surface area (Å²) in [5.74, 6) is 1.01. The molecule has 0 amide bonds. The van der Waals surface area contributed by atoms with Gasteiger partial charge in [-0.25, -0.2) is 0 Å². The third-order valence-electron chi connectivity index (χ3n) is 3.78. The van der Waals surface area contributed by atoms with Crippen molar-refractivity contribution in [3.8, 4) is 17.2 Å². The molecule has 0 aromatic heterocycles. The summed E-state index contributed by atoms with van der Waals surface area (Å²) in [7, 11) is 5.04. The quantitative estimate of drug-likeness (QED) is 0.620. The monoisotopic (exact) mass is 332 g/mol. The molecule has 128 valence electrons. The van der Waals surface area contributed by atoms with Crippen LogP contribution < -0.4 is 14.4 Å². The maximum atomic E-state index is 10.7. The van der Waals surface area contributed by atoms with Crippen molar-refractivity contribution in [3.63, 3.8) is 0 Å². The highest BCUT2D eigenvalue weighted by molar-refractivity contribution is 5.58. The minimum atomic E-state index is -0.608. The molecule has 7 heteroatoms. The molecule has 2 aromatic rings. The Balaban J connectivity index is 2.06. The number of benzene rings is 2. The largest absolute Gasteiger partial charge is 0.502 e. The second-order valence-electron chi connectivity index (χ2n) is 5.29. The highest BCUT2D eigenvalue weighted by Gasteiger charge is 2.14. The summed E-state index contributed by atoms with van der Waals surface area (Å²) in [5, 5.41) is 20.5. The third-order valence-corrected chi connectivity index (χ3v) is 3.78. The first-order valence-electron chi connectivity index (χ1n) is 7.35. The Morgan fingerprint density at radius 3 is 2.42 bits per heavy atom. The molecule has 24 heavy (non-hydrogen) atoms. The van der Waals surface area contributed by atoms with Crippen molar-refractivity contribution in [2.24, 2.45) is 0 Å². The van der Waals surface area contributed by atoms with Gasteiger partial charge in [-0.05, 0) is 30.2 Å². The Kier molecular flexibility index (Phi) is 5.47. The average molecular weight is 332 g/mol. The van der Waals surface area contributed by atoms with Gasteiger partial charge >= 0.3 is 5.69 Å². The van der Waals surface area contributed by atoms with Crippen LogP contribution in [0.2, 0.25) is 0 Å². The fourth-order valence-corrected chi connectivity index (χ4v) is 2.37. The Hall–Kier alpha value is -2.96. The molecule has 0 bridgehead atoms. The molecule has 0 spiro atoms.